The van der Waals surface area contributed by atoms with Gasteiger partial charge in [-0.25, -0.2) is 9.36 Å². The van der Waals surface area contributed by atoms with Crippen molar-refractivity contribution in [2.75, 3.05) is 20.8 Å². The lowest BCUT2D eigenvalue weighted by atomic mass is 9.90. The van der Waals surface area contributed by atoms with E-state index in [4.69, 9.17) is 9.47 Å². The lowest BCUT2D eigenvalue weighted by molar-refractivity contribution is -0.690. The Labute approximate surface area is 179 Å². The molecule has 8 heteroatoms. The molecule has 0 bridgehead atoms. The second-order valence-electron chi connectivity index (χ2n) is 7.78. The number of hydrogen-bond donors (Lipinski definition) is 3. The molecule has 4 N–H and O–H groups in total. The molecule has 0 amide bonds. The molecule has 0 radical (unpaired) electrons. The van der Waals surface area contributed by atoms with Crippen molar-refractivity contribution < 1.29 is 19.9 Å². The van der Waals surface area contributed by atoms with Gasteiger partial charge in [0.1, 0.15) is 11.6 Å². The molecule has 0 unspecified atom stereocenters. The summed E-state index contributed by atoms with van der Waals surface area (Å²) in [7, 11) is 3.13. The van der Waals surface area contributed by atoms with Gasteiger partial charge in [0.15, 0.2) is 11.5 Å². The molecule has 0 fully saturated rings. The first-order chi connectivity index (χ1) is 14.8. The number of hydrogen-bond acceptors (Lipinski definition) is 5. The van der Waals surface area contributed by atoms with Gasteiger partial charge in [-0.05, 0) is 43.2 Å². The summed E-state index contributed by atoms with van der Waals surface area (Å²) in [4.78, 5) is 27.9. The molecule has 1 aromatic heterocycles. The van der Waals surface area contributed by atoms with Crippen molar-refractivity contribution in [1.82, 2.24) is 9.55 Å². The van der Waals surface area contributed by atoms with Crippen molar-refractivity contribution in [3.8, 4) is 23.1 Å². The Morgan fingerprint density at radius 3 is 2.48 bits per heavy atom. The molecular formula is C23H26N3O5+. The molecule has 4 rings (SSSR count). The average Bonchev–Trinajstić information content (AvgIpc) is 2.74. The van der Waals surface area contributed by atoms with Gasteiger partial charge < -0.3 is 19.9 Å². The van der Waals surface area contributed by atoms with Gasteiger partial charge in [0, 0.05) is 12.0 Å². The predicted molar refractivity (Wildman–Crippen MR) is 116 cm³/mol. The summed E-state index contributed by atoms with van der Waals surface area (Å²) < 4.78 is 12.0. The number of aromatic hydroxyl groups is 1. The van der Waals surface area contributed by atoms with E-state index >= 15 is 0 Å². The molecule has 2 aromatic carbocycles. The summed E-state index contributed by atoms with van der Waals surface area (Å²) in [5.74, 6) is 0.796. The Morgan fingerprint density at radius 1 is 1.10 bits per heavy atom. The van der Waals surface area contributed by atoms with Gasteiger partial charge in [0.05, 0.1) is 26.5 Å². The van der Waals surface area contributed by atoms with Crippen LogP contribution >= 0.6 is 0 Å². The van der Waals surface area contributed by atoms with Crippen LogP contribution in [0.25, 0.3) is 5.69 Å². The molecule has 3 aromatic rings. The van der Waals surface area contributed by atoms with Gasteiger partial charge in [0.25, 0.3) is 5.56 Å². The fourth-order valence-corrected chi connectivity index (χ4v) is 4.35. The number of ether oxygens (including phenoxy) is 2. The van der Waals surface area contributed by atoms with Crippen molar-refractivity contribution in [3.63, 3.8) is 0 Å². The van der Waals surface area contributed by atoms with E-state index < -0.39 is 17.3 Å². The predicted octanol–water partition coefficient (Wildman–Crippen LogP) is 1.07. The molecule has 0 saturated carbocycles. The van der Waals surface area contributed by atoms with Crippen LogP contribution in [-0.2, 0) is 6.42 Å². The van der Waals surface area contributed by atoms with Crippen molar-refractivity contribution in [2.24, 2.45) is 0 Å². The van der Waals surface area contributed by atoms with Crippen molar-refractivity contribution in [2.45, 2.75) is 26.3 Å². The summed E-state index contributed by atoms with van der Waals surface area (Å²) in [6, 6.07) is 8.79. The minimum Gasteiger partial charge on any atom is -0.494 e. The molecule has 162 valence electrons. The van der Waals surface area contributed by atoms with E-state index in [1.54, 1.807) is 20.3 Å². The third-order valence-corrected chi connectivity index (χ3v) is 5.82. The zero-order chi connectivity index (χ0) is 22.3. The van der Waals surface area contributed by atoms with Crippen molar-refractivity contribution in [1.29, 1.82) is 0 Å². The van der Waals surface area contributed by atoms with Crippen LogP contribution in [0.15, 0.2) is 39.9 Å². The van der Waals surface area contributed by atoms with E-state index in [2.05, 4.69) is 4.98 Å². The van der Waals surface area contributed by atoms with Gasteiger partial charge in [-0.15, -0.1) is 0 Å². The maximum absolute atomic E-state index is 12.9. The number of H-pyrrole nitrogens is 1. The van der Waals surface area contributed by atoms with Gasteiger partial charge in [-0.1, -0.05) is 17.7 Å². The van der Waals surface area contributed by atoms with E-state index in [9.17, 15) is 14.7 Å². The SMILES string of the molecule is COc1cc2c(cc1OC)[C@H](c1c(O)n(-c3ccc(C)cc3C)c(=O)[nH]c1=O)[NH2+]CC2. The smallest absolute Gasteiger partial charge is 0.335 e. The minimum absolute atomic E-state index is 0.132. The van der Waals surface area contributed by atoms with Gasteiger partial charge >= 0.3 is 5.69 Å². The maximum atomic E-state index is 12.9. The largest absolute Gasteiger partial charge is 0.494 e. The number of nitrogens with one attached hydrogen (secondary N) is 1. The molecule has 1 atom stereocenters. The minimum atomic E-state index is -0.679. The van der Waals surface area contributed by atoms with E-state index in [1.165, 1.54) is 0 Å². The zero-order valence-electron chi connectivity index (χ0n) is 18.0. The number of aromatic nitrogens is 2. The summed E-state index contributed by atoms with van der Waals surface area (Å²) in [5, 5.41) is 13.2. The van der Waals surface area contributed by atoms with Crippen molar-refractivity contribution in [3.05, 3.63) is 79.0 Å². The van der Waals surface area contributed by atoms with E-state index in [0.29, 0.717) is 23.7 Å². The Balaban J connectivity index is 1.95. The number of benzene rings is 2. The topological polar surface area (TPSA) is 110 Å². The number of rotatable bonds is 4. The summed E-state index contributed by atoms with van der Waals surface area (Å²) in [5.41, 5.74) is 3.07. The second kappa shape index (κ2) is 7.96. The molecule has 1 aliphatic rings. The number of methoxy groups -OCH3 is 2. The first-order valence-corrected chi connectivity index (χ1v) is 10.1. The van der Waals surface area contributed by atoms with E-state index in [0.717, 1.165) is 33.2 Å². The lowest BCUT2D eigenvalue weighted by Gasteiger charge is -2.26. The first kappa shape index (κ1) is 20.7. The fourth-order valence-electron chi connectivity index (χ4n) is 4.35. The number of nitrogens with zero attached hydrogens (tertiary/aromatic N) is 1. The van der Waals surface area contributed by atoms with Crippen LogP contribution < -0.4 is 26.0 Å². The average molecular weight is 424 g/mol. The molecular weight excluding hydrogens is 398 g/mol. The molecule has 8 nitrogen and oxygen atoms in total. The number of quaternary nitrogens is 1. The van der Waals surface area contributed by atoms with E-state index in [-0.39, 0.29) is 11.4 Å². The molecule has 1 aliphatic heterocycles. The quantitative estimate of drug-likeness (QED) is 0.581. The highest BCUT2D eigenvalue weighted by Crippen LogP contribution is 2.36. The van der Waals surface area contributed by atoms with Crippen LogP contribution in [0.4, 0.5) is 0 Å². The highest BCUT2D eigenvalue weighted by atomic mass is 16.5. The van der Waals surface area contributed by atoms with Crippen LogP contribution in [0.3, 0.4) is 0 Å². The van der Waals surface area contributed by atoms with Crippen LogP contribution in [0.2, 0.25) is 0 Å². The van der Waals surface area contributed by atoms with Crippen LogP contribution in [-0.4, -0.2) is 35.4 Å². The highest BCUT2D eigenvalue weighted by Gasteiger charge is 2.33. The third-order valence-electron chi connectivity index (χ3n) is 5.82. The third kappa shape index (κ3) is 3.48. The van der Waals surface area contributed by atoms with E-state index in [1.807, 2.05) is 43.4 Å². The zero-order valence-corrected chi connectivity index (χ0v) is 18.0. The first-order valence-electron chi connectivity index (χ1n) is 10.1. The highest BCUT2D eigenvalue weighted by molar-refractivity contribution is 5.52. The van der Waals surface area contributed by atoms with Gasteiger partial charge in [0.2, 0.25) is 5.88 Å². The maximum Gasteiger partial charge on any atom is 0.335 e. The molecule has 31 heavy (non-hydrogen) atoms. The number of aromatic amines is 1. The van der Waals surface area contributed by atoms with Gasteiger partial charge in [-0.3, -0.25) is 9.78 Å². The van der Waals surface area contributed by atoms with Crippen LogP contribution in [0.5, 0.6) is 17.4 Å². The Kier molecular flexibility index (Phi) is 5.32. The van der Waals surface area contributed by atoms with Crippen molar-refractivity contribution >= 4 is 0 Å². The summed E-state index contributed by atoms with van der Waals surface area (Å²) in [6.07, 6.45) is 0.779. The Hall–Kier alpha value is -3.52. The van der Waals surface area contributed by atoms with Crippen LogP contribution in [0, 0.1) is 13.8 Å². The summed E-state index contributed by atoms with van der Waals surface area (Å²) in [6.45, 7) is 4.53. The van der Waals surface area contributed by atoms with Gasteiger partial charge in [-0.2, -0.15) is 0 Å². The Morgan fingerprint density at radius 2 is 1.81 bits per heavy atom. The number of aryl methyl sites for hydroxylation is 2. The number of nitrogens with two attached hydrogens (primary N) is 1. The monoisotopic (exact) mass is 424 g/mol. The molecule has 0 spiro atoms. The Bertz CT molecular complexity index is 1280. The standard InChI is InChI=1S/C23H25N3O5/c1-12-5-6-16(13(2)9-12)26-22(28)19(21(27)25-23(26)29)20-15-11-18(31-4)17(30-3)10-14(15)7-8-24-20/h5-6,9-11,20,24,28H,7-8H2,1-4H3,(H,25,27,29)/p+1/t20-/m1/s1. The van der Waals surface area contributed by atoms with Crippen LogP contribution in [0.1, 0.15) is 33.9 Å². The normalized spacial score (nSPS) is 15.4. The number of fused-ring (bicyclic) bond motifs is 1. The summed E-state index contributed by atoms with van der Waals surface area (Å²) >= 11 is 0. The molecule has 0 aliphatic carbocycles. The lowest BCUT2D eigenvalue weighted by Crippen LogP contribution is -2.87. The molecule has 2 heterocycles. The fraction of sp³-hybridized carbons (Fsp3) is 0.304. The molecule has 0 saturated heterocycles. The second-order valence-corrected chi connectivity index (χ2v) is 7.78.